The molecule has 0 aliphatic heterocycles. The van der Waals surface area contributed by atoms with Gasteiger partial charge in [0.05, 0.1) is 6.61 Å². The number of benzene rings is 1. The van der Waals surface area contributed by atoms with Gasteiger partial charge >= 0.3 is 5.97 Å². The molecule has 0 amide bonds. The molecule has 2 heterocycles. The van der Waals surface area contributed by atoms with Crippen molar-refractivity contribution >= 4 is 29.3 Å². The van der Waals surface area contributed by atoms with E-state index in [1.165, 1.54) is 10.6 Å². The van der Waals surface area contributed by atoms with E-state index in [0.29, 0.717) is 16.4 Å². The van der Waals surface area contributed by atoms with Gasteiger partial charge in [-0.3, -0.25) is 9.20 Å². The molecule has 0 saturated carbocycles. The molecular formula is C20H14ClN3O4. The van der Waals surface area contributed by atoms with Crippen molar-refractivity contribution in [1.29, 1.82) is 5.26 Å². The van der Waals surface area contributed by atoms with Gasteiger partial charge in [0.2, 0.25) is 5.88 Å². The number of aromatic nitrogens is 2. The van der Waals surface area contributed by atoms with Crippen LogP contribution < -0.4 is 10.3 Å². The summed E-state index contributed by atoms with van der Waals surface area (Å²) >= 11 is 5.88. The van der Waals surface area contributed by atoms with Crippen LogP contribution >= 0.6 is 11.6 Å². The maximum Gasteiger partial charge on any atom is 0.348 e. The van der Waals surface area contributed by atoms with E-state index in [1.807, 2.05) is 0 Å². The lowest BCUT2D eigenvalue weighted by Crippen LogP contribution is -2.19. The van der Waals surface area contributed by atoms with Crippen molar-refractivity contribution in [1.82, 2.24) is 9.38 Å². The van der Waals surface area contributed by atoms with Crippen molar-refractivity contribution in [3.8, 4) is 17.7 Å². The van der Waals surface area contributed by atoms with E-state index in [-0.39, 0.29) is 23.6 Å². The van der Waals surface area contributed by atoms with Gasteiger partial charge in [-0.25, -0.2) is 4.79 Å². The first-order valence-electron chi connectivity index (χ1n) is 8.27. The van der Waals surface area contributed by atoms with E-state index in [4.69, 9.17) is 21.1 Å². The first-order chi connectivity index (χ1) is 13.5. The quantitative estimate of drug-likeness (QED) is 0.372. The number of carbonyl (C=O) groups is 1. The summed E-state index contributed by atoms with van der Waals surface area (Å²) in [5.41, 5.74) is -0.532. The molecule has 0 aliphatic rings. The summed E-state index contributed by atoms with van der Waals surface area (Å²) in [7, 11) is 0. The van der Waals surface area contributed by atoms with Crippen molar-refractivity contribution in [3.05, 3.63) is 75.2 Å². The molecule has 8 heteroatoms. The Morgan fingerprint density at radius 1 is 1.29 bits per heavy atom. The summed E-state index contributed by atoms with van der Waals surface area (Å²) in [4.78, 5) is 29.3. The standard InChI is InChI=1S/C20H14ClN3O4/c1-2-27-20(26)13(12-22)11-16-18(28-15-8-6-14(21)7-9-15)23-17-5-3-4-10-24(17)19(16)25/h3-11H,2H2,1H3/b13-11+. The van der Waals surface area contributed by atoms with Crippen LogP contribution in [-0.2, 0) is 9.53 Å². The molecule has 0 saturated heterocycles. The van der Waals surface area contributed by atoms with Crippen molar-refractivity contribution in [2.24, 2.45) is 0 Å². The Hall–Kier alpha value is -3.63. The Kier molecular flexibility index (Phi) is 5.72. The molecule has 1 aromatic carbocycles. The van der Waals surface area contributed by atoms with Crippen LogP contribution in [0.1, 0.15) is 12.5 Å². The normalized spacial score (nSPS) is 11.1. The van der Waals surface area contributed by atoms with Crippen LogP contribution in [0.5, 0.6) is 11.6 Å². The number of pyridine rings is 1. The maximum atomic E-state index is 12.9. The summed E-state index contributed by atoms with van der Waals surface area (Å²) in [6.07, 6.45) is 2.66. The lowest BCUT2D eigenvalue weighted by atomic mass is 10.2. The lowest BCUT2D eigenvalue weighted by molar-refractivity contribution is -0.137. The zero-order valence-corrected chi connectivity index (χ0v) is 15.5. The van der Waals surface area contributed by atoms with Gasteiger partial charge in [-0.05, 0) is 49.4 Å². The molecule has 28 heavy (non-hydrogen) atoms. The largest absolute Gasteiger partial charge is 0.462 e. The Morgan fingerprint density at radius 2 is 2.04 bits per heavy atom. The predicted octanol–water partition coefficient (Wildman–Crippen LogP) is 3.61. The van der Waals surface area contributed by atoms with E-state index in [2.05, 4.69) is 4.98 Å². The van der Waals surface area contributed by atoms with Crippen LogP contribution in [0.3, 0.4) is 0 Å². The maximum absolute atomic E-state index is 12.9. The van der Waals surface area contributed by atoms with Gasteiger partial charge in [-0.1, -0.05) is 17.7 Å². The van der Waals surface area contributed by atoms with Gasteiger partial charge in [0, 0.05) is 11.2 Å². The highest BCUT2D eigenvalue weighted by molar-refractivity contribution is 6.30. The lowest BCUT2D eigenvalue weighted by Gasteiger charge is -2.10. The number of carbonyl (C=O) groups excluding carboxylic acids is 1. The first kappa shape index (κ1) is 19.1. The molecule has 7 nitrogen and oxygen atoms in total. The fourth-order valence-electron chi connectivity index (χ4n) is 2.39. The fraction of sp³-hybridized carbons (Fsp3) is 0.100. The highest BCUT2D eigenvalue weighted by Crippen LogP contribution is 2.25. The second-order valence-electron chi connectivity index (χ2n) is 5.51. The van der Waals surface area contributed by atoms with Gasteiger partial charge in [-0.2, -0.15) is 10.2 Å². The molecule has 3 rings (SSSR count). The van der Waals surface area contributed by atoms with Crippen LogP contribution in [0.4, 0.5) is 0 Å². The summed E-state index contributed by atoms with van der Waals surface area (Å²) in [5.74, 6) is -0.489. The number of nitriles is 1. The number of hydrogen-bond donors (Lipinski definition) is 0. The molecule has 3 aromatic rings. The molecule has 0 radical (unpaired) electrons. The van der Waals surface area contributed by atoms with E-state index in [1.54, 1.807) is 55.5 Å². The minimum atomic E-state index is -0.833. The van der Waals surface area contributed by atoms with E-state index in [9.17, 15) is 14.9 Å². The molecule has 0 fully saturated rings. The minimum Gasteiger partial charge on any atom is -0.462 e. The highest BCUT2D eigenvalue weighted by atomic mass is 35.5. The number of ether oxygens (including phenoxy) is 2. The van der Waals surface area contributed by atoms with Gasteiger partial charge < -0.3 is 9.47 Å². The number of rotatable bonds is 5. The third-order valence-electron chi connectivity index (χ3n) is 3.67. The smallest absolute Gasteiger partial charge is 0.348 e. The third kappa shape index (κ3) is 4.03. The minimum absolute atomic E-state index is 0.0458. The van der Waals surface area contributed by atoms with Crippen LogP contribution in [0.2, 0.25) is 5.02 Å². The van der Waals surface area contributed by atoms with Crippen LogP contribution in [0, 0.1) is 11.3 Å². The van der Waals surface area contributed by atoms with Crippen molar-refractivity contribution in [2.75, 3.05) is 6.61 Å². The number of fused-ring (bicyclic) bond motifs is 1. The summed E-state index contributed by atoms with van der Waals surface area (Å²) in [6.45, 7) is 1.72. The van der Waals surface area contributed by atoms with E-state index >= 15 is 0 Å². The van der Waals surface area contributed by atoms with Crippen molar-refractivity contribution in [3.63, 3.8) is 0 Å². The predicted molar refractivity (Wildman–Crippen MR) is 103 cm³/mol. The Balaban J connectivity index is 2.19. The molecule has 0 unspecified atom stereocenters. The molecule has 0 N–H and O–H groups in total. The second kappa shape index (κ2) is 8.37. The molecule has 2 aromatic heterocycles. The average Bonchev–Trinajstić information content (AvgIpc) is 2.70. The summed E-state index contributed by atoms with van der Waals surface area (Å²) in [5, 5.41) is 9.82. The molecule has 140 valence electrons. The van der Waals surface area contributed by atoms with Crippen LogP contribution in [0.15, 0.2) is 59.0 Å². The zero-order chi connectivity index (χ0) is 20.1. The number of esters is 1. The van der Waals surface area contributed by atoms with E-state index < -0.39 is 11.5 Å². The molecule has 0 bridgehead atoms. The Morgan fingerprint density at radius 3 is 2.71 bits per heavy atom. The third-order valence-corrected chi connectivity index (χ3v) is 3.92. The van der Waals surface area contributed by atoms with Gasteiger partial charge in [-0.15, -0.1) is 0 Å². The SMILES string of the molecule is CCOC(=O)/C(C#N)=C/c1c(Oc2ccc(Cl)cc2)nc2ccccn2c1=O. The van der Waals surface area contributed by atoms with Gasteiger partial charge in [0.15, 0.2) is 0 Å². The van der Waals surface area contributed by atoms with Crippen LogP contribution in [-0.4, -0.2) is 22.0 Å². The zero-order valence-electron chi connectivity index (χ0n) is 14.8. The Labute approximate surface area is 165 Å². The van der Waals surface area contributed by atoms with Gasteiger partial charge in [0.1, 0.15) is 28.6 Å². The number of nitrogens with zero attached hydrogens (tertiary/aromatic N) is 3. The highest BCUT2D eigenvalue weighted by Gasteiger charge is 2.17. The molecule has 0 aliphatic carbocycles. The monoisotopic (exact) mass is 395 g/mol. The van der Waals surface area contributed by atoms with Gasteiger partial charge in [0.25, 0.3) is 5.56 Å². The molecular weight excluding hydrogens is 382 g/mol. The second-order valence-corrected chi connectivity index (χ2v) is 5.95. The number of halogens is 1. The molecule has 0 atom stereocenters. The fourth-order valence-corrected chi connectivity index (χ4v) is 2.51. The Bertz CT molecular complexity index is 1160. The van der Waals surface area contributed by atoms with E-state index in [0.717, 1.165) is 6.08 Å². The van der Waals surface area contributed by atoms with Crippen LogP contribution in [0.25, 0.3) is 11.7 Å². The summed E-state index contributed by atoms with van der Waals surface area (Å²) < 4.78 is 11.9. The van der Waals surface area contributed by atoms with Crippen molar-refractivity contribution < 1.29 is 14.3 Å². The topological polar surface area (TPSA) is 93.7 Å². The summed E-state index contributed by atoms with van der Waals surface area (Å²) in [6, 6.07) is 13.3. The number of hydrogen-bond acceptors (Lipinski definition) is 6. The average molecular weight is 396 g/mol. The molecule has 0 spiro atoms. The first-order valence-corrected chi connectivity index (χ1v) is 8.65. The van der Waals surface area contributed by atoms with Crippen molar-refractivity contribution in [2.45, 2.75) is 6.92 Å².